The number of rotatable bonds is 7. The molecule has 0 bridgehead atoms. The summed E-state index contributed by atoms with van der Waals surface area (Å²) in [6.45, 7) is 2.85. The Bertz CT molecular complexity index is 638. The molecule has 1 aliphatic carbocycles. The first kappa shape index (κ1) is 15.8. The predicted molar refractivity (Wildman–Crippen MR) is 80.1 cm³/mol. The first-order chi connectivity index (χ1) is 9.84. The normalized spacial score (nSPS) is 15.0. The van der Waals surface area contributed by atoms with E-state index in [1.165, 1.54) is 6.07 Å². The van der Waals surface area contributed by atoms with Crippen molar-refractivity contribution in [3.05, 3.63) is 23.8 Å². The number of primary sulfonamides is 1. The van der Waals surface area contributed by atoms with E-state index in [0.717, 1.165) is 38.3 Å². The SMILES string of the molecule is CCCCN(c1ccc(S(N)(=O)=O)cc1C(=O)O)C1CC1. The zero-order valence-electron chi connectivity index (χ0n) is 11.9. The van der Waals surface area contributed by atoms with Crippen LogP contribution >= 0.6 is 0 Å². The Labute approximate surface area is 124 Å². The van der Waals surface area contributed by atoms with Crippen molar-refractivity contribution in [2.45, 2.75) is 43.5 Å². The second-order valence-electron chi connectivity index (χ2n) is 5.31. The molecule has 7 heteroatoms. The average molecular weight is 312 g/mol. The minimum atomic E-state index is -3.90. The molecule has 0 heterocycles. The van der Waals surface area contributed by atoms with Crippen LogP contribution in [-0.2, 0) is 10.0 Å². The summed E-state index contributed by atoms with van der Waals surface area (Å²) in [6.07, 6.45) is 4.06. The zero-order valence-corrected chi connectivity index (χ0v) is 12.8. The van der Waals surface area contributed by atoms with Gasteiger partial charge >= 0.3 is 5.97 Å². The molecular formula is C14H20N2O4S. The van der Waals surface area contributed by atoms with Crippen LogP contribution in [0.25, 0.3) is 0 Å². The average Bonchev–Trinajstić information content (AvgIpc) is 3.22. The first-order valence-electron chi connectivity index (χ1n) is 7.01. The summed E-state index contributed by atoms with van der Waals surface area (Å²) >= 11 is 0. The van der Waals surface area contributed by atoms with E-state index in [1.807, 2.05) is 0 Å². The van der Waals surface area contributed by atoms with Crippen LogP contribution in [0.15, 0.2) is 23.1 Å². The topological polar surface area (TPSA) is 101 Å². The smallest absolute Gasteiger partial charge is 0.337 e. The van der Waals surface area contributed by atoms with Gasteiger partial charge in [-0.25, -0.2) is 18.4 Å². The van der Waals surface area contributed by atoms with Crippen molar-refractivity contribution < 1.29 is 18.3 Å². The lowest BCUT2D eigenvalue weighted by Crippen LogP contribution is -2.28. The van der Waals surface area contributed by atoms with Crippen LogP contribution in [0.3, 0.4) is 0 Å². The number of sulfonamides is 1. The van der Waals surface area contributed by atoms with Crippen LogP contribution in [0.5, 0.6) is 0 Å². The Morgan fingerprint density at radius 3 is 2.57 bits per heavy atom. The number of carbonyl (C=O) groups is 1. The van der Waals surface area contributed by atoms with E-state index in [0.29, 0.717) is 11.7 Å². The lowest BCUT2D eigenvalue weighted by molar-refractivity contribution is 0.0697. The summed E-state index contributed by atoms with van der Waals surface area (Å²) in [5.74, 6) is -1.14. The van der Waals surface area contributed by atoms with Crippen LogP contribution in [0.2, 0.25) is 0 Å². The highest BCUT2D eigenvalue weighted by molar-refractivity contribution is 7.89. The Morgan fingerprint density at radius 2 is 2.10 bits per heavy atom. The van der Waals surface area contributed by atoms with Gasteiger partial charge in [0.15, 0.2) is 0 Å². The standard InChI is InChI=1S/C14H20N2O4S/c1-2-3-8-16(10-4-5-10)13-7-6-11(21(15,19)20)9-12(13)14(17)18/h6-7,9-10H,2-5,8H2,1H3,(H,17,18)(H2,15,19,20). The molecule has 1 saturated carbocycles. The molecule has 0 aromatic heterocycles. The molecule has 0 amide bonds. The molecule has 1 aliphatic rings. The fourth-order valence-corrected chi connectivity index (χ4v) is 2.87. The van der Waals surface area contributed by atoms with Gasteiger partial charge < -0.3 is 10.0 Å². The largest absolute Gasteiger partial charge is 0.478 e. The van der Waals surface area contributed by atoms with E-state index in [9.17, 15) is 18.3 Å². The number of aromatic carboxylic acids is 1. The van der Waals surface area contributed by atoms with Crippen LogP contribution in [-0.4, -0.2) is 32.1 Å². The van der Waals surface area contributed by atoms with Gasteiger partial charge in [-0.15, -0.1) is 0 Å². The zero-order chi connectivity index (χ0) is 15.6. The highest BCUT2D eigenvalue weighted by Crippen LogP contribution is 2.34. The fraction of sp³-hybridized carbons (Fsp3) is 0.500. The monoisotopic (exact) mass is 312 g/mol. The molecule has 1 aromatic rings. The molecule has 3 N–H and O–H groups in total. The quantitative estimate of drug-likeness (QED) is 0.799. The maximum Gasteiger partial charge on any atom is 0.337 e. The van der Waals surface area contributed by atoms with E-state index in [4.69, 9.17) is 5.14 Å². The molecule has 0 atom stereocenters. The molecule has 0 aliphatic heterocycles. The molecule has 1 aromatic carbocycles. The molecule has 0 radical (unpaired) electrons. The molecule has 2 rings (SSSR count). The van der Waals surface area contributed by atoms with Gasteiger partial charge in [-0.05, 0) is 37.5 Å². The lowest BCUT2D eigenvalue weighted by atomic mass is 10.1. The van der Waals surface area contributed by atoms with Crippen molar-refractivity contribution in [2.24, 2.45) is 5.14 Å². The third kappa shape index (κ3) is 3.74. The Balaban J connectivity index is 2.44. The molecule has 0 unspecified atom stereocenters. The van der Waals surface area contributed by atoms with Gasteiger partial charge in [-0.2, -0.15) is 0 Å². The van der Waals surface area contributed by atoms with Gasteiger partial charge in [0.25, 0.3) is 0 Å². The fourth-order valence-electron chi connectivity index (χ4n) is 2.33. The van der Waals surface area contributed by atoms with Gasteiger partial charge in [0.2, 0.25) is 10.0 Å². The third-order valence-electron chi connectivity index (χ3n) is 3.58. The number of nitrogens with zero attached hydrogens (tertiary/aromatic N) is 1. The predicted octanol–water partition coefficient (Wildman–Crippen LogP) is 1.80. The second kappa shape index (κ2) is 6.03. The summed E-state index contributed by atoms with van der Waals surface area (Å²) in [6, 6.07) is 4.43. The summed E-state index contributed by atoms with van der Waals surface area (Å²) in [5.41, 5.74) is 0.565. The number of unbranched alkanes of at least 4 members (excludes halogenated alkanes) is 1. The summed E-state index contributed by atoms with van der Waals surface area (Å²) < 4.78 is 22.8. The van der Waals surface area contributed by atoms with Crippen LogP contribution < -0.4 is 10.0 Å². The summed E-state index contributed by atoms with van der Waals surface area (Å²) in [7, 11) is -3.90. The molecule has 116 valence electrons. The second-order valence-corrected chi connectivity index (χ2v) is 6.87. The van der Waals surface area contributed by atoms with E-state index >= 15 is 0 Å². The van der Waals surface area contributed by atoms with Gasteiger partial charge in [0, 0.05) is 12.6 Å². The van der Waals surface area contributed by atoms with Crippen molar-refractivity contribution in [1.29, 1.82) is 0 Å². The lowest BCUT2D eigenvalue weighted by Gasteiger charge is -2.26. The van der Waals surface area contributed by atoms with Crippen molar-refractivity contribution >= 4 is 21.7 Å². The van der Waals surface area contributed by atoms with Crippen LogP contribution in [0, 0.1) is 0 Å². The number of hydrogen-bond acceptors (Lipinski definition) is 4. The molecule has 1 fully saturated rings. The Morgan fingerprint density at radius 1 is 1.43 bits per heavy atom. The van der Waals surface area contributed by atoms with E-state index in [1.54, 1.807) is 6.07 Å². The summed E-state index contributed by atoms with van der Waals surface area (Å²) in [4.78, 5) is 13.4. The maximum atomic E-state index is 11.5. The van der Waals surface area contributed by atoms with Gasteiger partial charge in [-0.1, -0.05) is 13.3 Å². The number of carboxylic acids is 1. The van der Waals surface area contributed by atoms with Gasteiger partial charge in [0.05, 0.1) is 16.1 Å². The molecular weight excluding hydrogens is 292 g/mol. The molecule has 0 spiro atoms. The molecule has 6 nitrogen and oxygen atoms in total. The van der Waals surface area contributed by atoms with Crippen molar-refractivity contribution in [2.75, 3.05) is 11.4 Å². The highest BCUT2D eigenvalue weighted by Gasteiger charge is 2.31. The Kier molecular flexibility index (Phi) is 4.53. The molecule has 21 heavy (non-hydrogen) atoms. The summed E-state index contributed by atoms with van der Waals surface area (Å²) in [5, 5.41) is 14.4. The third-order valence-corrected chi connectivity index (χ3v) is 4.49. The van der Waals surface area contributed by atoms with Gasteiger partial charge in [-0.3, -0.25) is 0 Å². The number of carboxylic acid groups (broad SMARTS) is 1. The first-order valence-corrected chi connectivity index (χ1v) is 8.56. The number of hydrogen-bond donors (Lipinski definition) is 2. The number of benzene rings is 1. The maximum absolute atomic E-state index is 11.5. The van der Waals surface area contributed by atoms with Crippen molar-refractivity contribution in [3.63, 3.8) is 0 Å². The van der Waals surface area contributed by atoms with Gasteiger partial charge in [0.1, 0.15) is 0 Å². The Hall–Kier alpha value is -1.60. The van der Waals surface area contributed by atoms with E-state index in [-0.39, 0.29) is 10.5 Å². The number of nitrogens with two attached hydrogens (primary N) is 1. The van der Waals surface area contributed by atoms with Crippen LogP contribution in [0.4, 0.5) is 5.69 Å². The highest BCUT2D eigenvalue weighted by atomic mass is 32.2. The number of anilines is 1. The van der Waals surface area contributed by atoms with E-state index in [2.05, 4.69) is 11.8 Å². The molecule has 0 saturated heterocycles. The minimum Gasteiger partial charge on any atom is -0.478 e. The van der Waals surface area contributed by atoms with Crippen molar-refractivity contribution in [3.8, 4) is 0 Å². The van der Waals surface area contributed by atoms with Crippen LogP contribution in [0.1, 0.15) is 43.0 Å². The minimum absolute atomic E-state index is 0.00970. The van der Waals surface area contributed by atoms with E-state index < -0.39 is 16.0 Å². The van der Waals surface area contributed by atoms with Crippen molar-refractivity contribution in [1.82, 2.24) is 0 Å².